The highest BCUT2D eigenvalue weighted by Gasteiger charge is 2.28. The Morgan fingerprint density at radius 2 is 1.74 bits per heavy atom. The summed E-state index contributed by atoms with van der Waals surface area (Å²) < 4.78 is 28.4. The molecule has 0 radical (unpaired) electrons. The number of aromatic nitrogens is 2. The molecule has 0 spiro atoms. The molecule has 1 saturated heterocycles. The Morgan fingerprint density at radius 3 is 2.21 bits per heavy atom. The Labute approximate surface area is 203 Å². The van der Waals surface area contributed by atoms with E-state index in [4.69, 9.17) is 0 Å². The van der Waals surface area contributed by atoms with E-state index in [0.717, 1.165) is 41.6 Å². The number of aliphatic imine (C=N–C) groups is 1. The number of halogens is 2. The molecule has 0 aliphatic carbocycles. The molecule has 0 amide bonds. The Morgan fingerprint density at radius 1 is 1.12 bits per heavy atom. The van der Waals surface area contributed by atoms with Crippen molar-refractivity contribution in [2.45, 2.75) is 65.3 Å². The molecule has 0 unspecified atom stereocenters. The number of aryl methyl sites for hydroxylation is 1. The first kappa shape index (κ1) is 27.2. The van der Waals surface area contributed by atoms with Gasteiger partial charge in [-0.25, -0.2) is 8.78 Å². The average Bonchev–Trinajstić information content (AvgIpc) is 3.22. The van der Waals surface area contributed by atoms with E-state index in [1.807, 2.05) is 55.2 Å². The van der Waals surface area contributed by atoms with Gasteiger partial charge in [0.1, 0.15) is 0 Å². The number of benzene rings is 1. The van der Waals surface area contributed by atoms with Crippen LogP contribution in [0.4, 0.5) is 8.78 Å². The van der Waals surface area contributed by atoms with Crippen LogP contribution in [0.15, 0.2) is 61.3 Å². The monoisotopic (exact) mass is 468 g/mol. The Bertz CT molecular complexity index is 1030. The molecule has 2 heterocycles. The van der Waals surface area contributed by atoms with Gasteiger partial charge in [-0.3, -0.25) is 9.67 Å². The standard InChI is InChI=1S/C16H19F2N.C12H19N3/c1-6-15(16(5,17)18)19-12(4)14-9-7-13(8-10-14)11(2)3;1-10-6-4-5-9-15(10)11(2)12-7-8-13-14(12)3/h7-10H,2,4,6H2,1,3,5H3;7-8,10H,2,4-6,9H2,1,3H3/t;10-/m.0/s1. The number of hydrogen-bond acceptors (Lipinski definition) is 3. The van der Waals surface area contributed by atoms with Gasteiger partial charge in [-0.15, -0.1) is 0 Å². The zero-order valence-electron chi connectivity index (χ0n) is 21.2. The second kappa shape index (κ2) is 11.9. The van der Waals surface area contributed by atoms with Crippen molar-refractivity contribution in [3.05, 3.63) is 73.1 Å². The number of rotatable bonds is 7. The van der Waals surface area contributed by atoms with Crippen LogP contribution in [0.2, 0.25) is 0 Å². The number of nitrogens with zero attached hydrogens (tertiary/aromatic N) is 4. The van der Waals surface area contributed by atoms with Crippen LogP contribution < -0.4 is 0 Å². The highest BCUT2D eigenvalue weighted by Crippen LogP contribution is 2.26. The van der Waals surface area contributed by atoms with Crippen LogP contribution in [0, 0.1) is 0 Å². The third-order valence-corrected chi connectivity index (χ3v) is 6.09. The van der Waals surface area contributed by atoms with E-state index in [-0.39, 0.29) is 12.1 Å². The minimum atomic E-state index is -2.91. The van der Waals surface area contributed by atoms with Crippen molar-refractivity contribution in [1.29, 1.82) is 0 Å². The molecule has 1 aromatic carbocycles. The van der Waals surface area contributed by atoms with Crippen LogP contribution in [-0.2, 0) is 7.05 Å². The number of hydrogen-bond donors (Lipinski definition) is 0. The largest absolute Gasteiger partial charge is 0.368 e. The minimum absolute atomic E-state index is 0.151. The van der Waals surface area contributed by atoms with E-state index in [1.54, 1.807) is 6.92 Å². The Balaban J connectivity index is 0.000000246. The van der Waals surface area contributed by atoms with Crippen LogP contribution in [0.1, 0.15) is 70.2 Å². The molecule has 1 aromatic heterocycles. The van der Waals surface area contributed by atoms with E-state index in [9.17, 15) is 8.78 Å². The van der Waals surface area contributed by atoms with E-state index in [1.165, 1.54) is 19.3 Å². The van der Waals surface area contributed by atoms with E-state index >= 15 is 0 Å². The van der Waals surface area contributed by atoms with Crippen LogP contribution in [0.5, 0.6) is 0 Å². The first-order valence-corrected chi connectivity index (χ1v) is 11.8. The molecule has 1 aliphatic heterocycles. The Kier molecular flexibility index (Phi) is 9.54. The Hall–Kier alpha value is -3.02. The smallest absolute Gasteiger partial charge is 0.283 e. The maximum absolute atomic E-state index is 13.2. The van der Waals surface area contributed by atoms with E-state index in [0.29, 0.717) is 11.7 Å². The van der Waals surface area contributed by atoms with Crippen molar-refractivity contribution in [3.8, 4) is 0 Å². The second-order valence-electron chi connectivity index (χ2n) is 8.93. The quantitative estimate of drug-likeness (QED) is 0.395. The molecule has 6 heteroatoms. The summed E-state index contributed by atoms with van der Waals surface area (Å²) in [7, 11) is 1.97. The van der Waals surface area contributed by atoms with Crippen molar-refractivity contribution in [1.82, 2.24) is 14.7 Å². The van der Waals surface area contributed by atoms with Gasteiger partial charge in [0.05, 0.1) is 22.8 Å². The summed E-state index contributed by atoms with van der Waals surface area (Å²) in [5.41, 5.74) is 5.14. The summed E-state index contributed by atoms with van der Waals surface area (Å²) in [6, 6.07) is 10.0. The van der Waals surface area contributed by atoms with E-state index in [2.05, 4.69) is 41.7 Å². The van der Waals surface area contributed by atoms with Crippen LogP contribution in [0.25, 0.3) is 17.0 Å². The van der Waals surface area contributed by atoms with Gasteiger partial charge in [-0.2, -0.15) is 5.10 Å². The van der Waals surface area contributed by atoms with Gasteiger partial charge in [-0.1, -0.05) is 56.5 Å². The fraction of sp³-hybridized carbons (Fsp3) is 0.429. The molecule has 184 valence electrons. The maximum Gasteiger partial charge on any atom is 0.283 e. The highest BCUT2D eigenvalue weighted by molar-refractivity contribution is 5.94. The summed E-state index contributed by atoms with van der Waals surface area (Å²) in [6.45, 7) is 19.6. The number of alkyl halides is 2. The predicted octanol–water partition coefficient (Wildman–Crippen LogP) is 7.46. The van der Waals surface area contributed by atoms with E-state index < -0.39 is 5.92 Å². The zero-order valence-corrected chi connectivity index (χ0v) is 21.2. The third kappa shape index (κ3) is 7.24. The lowest BCUT2D eigenvalue weighted by atomic mass is 10.0. The number of piperidine rings is 1. The molecule has 1 fully saturated rings. The molecule has 34 heavy (non-hydrogen) atoms. The second-order valence-corrected chi connectivity index (χ2v) is 8.93. The van der Waals surface area contributed by atoms with Crippen LogP contribution in [0.3, 0.4) is 0 Å². The molecule has 1 atom stereocenters. The topological polar surface area (TPSA) is 33.4 Å². The van der Waals surface area contributed by atoms with Gasteiger partial charge in [0.15, 0.2) is 0 Å². The van der Waals surface area contributed by atoms with Gasteiger partial charge in [0.2, 0.25) is 0 Å². The molecule has 1 aliphatic rings. The fourth-order valence-corrected chi connectivity index (χ4v) is 3.97. The molecule has 0 bridgehead atoms. The molecule has 3 rings (SSSR count). The fourth-order valence-electron chi connectivity index (χ4n) is 3.97. The SMILES string of the molecule is C=C(C)c1ccc(C(=C)N=C(CC)C(C)(F)F)cc1.C=C(c1ccnn1C)N1CCCC[C@@H]1C. The first-order chi connectivity index (χ1) is 16.0. The normalized spacial score (nSPS) is 16.5. The zero-order chi connectivity index (χ0) is 25.5. The van der Waals surface area contributed by atoms with Crippen molar-refractivity contribution in [3.63, 3.8) is 0 Å². The van der Waals surface area contributed by atoms with Crippen LogP contribution >= 0.6 is 0 Å². The molecule has 0 N–H and O–H groups in total. The maximum atomic E-state index is 13.2. The molecule has 4 nitrogen and oxygen atoms in total. The molecule has 2 aromatic rings. The summed E-state index contributed by atoms with van der Waals surface area (Å²) in [5, 5.41) is 4.19. The summed E-state index contributed by atoms with van der Waals surface area (Å²) in [5.74, 6) is -2.91. The molecule has 0 saturated carbocycles. The van der Waals surface area contributed by atoms with Crippen molar-refractivity contribution >= 4 is 22.7 Å². The summed E-state index contributed by atoms with van der Waals surface area (Å²) >= 11 is 0. The summed E-state index contributed by atoms with van der Waals surface area (Å²) in [4.78, 5) is 6.36. The van der Waals surface area contributed by atoms with Crippen LogP contribution in [-0.4, -0.2) is 38.9 Å². The van der Waals surface area contributed by atoms with Crippen molar-refractivity contribution < 1.29 is 8.78 Å². The minimum Gasteiger partial charge on any atom is -0.368 e. The molecular formula is C28H38F2N4. The first-order valence-electron chi connectivity index (χ1n) is 11.8. The third-order valence-electron chi connectivity index (χ3n) is 6.09. The lowest BCUT2D eigenvalue weighted by Gasteiger charge is -2.36. The van der Waals surface area contributed by atoms with Gasteiger partial charge < -0.3 is 4.90 Å². The summed E-state index contributed by atoms with van der Waals surface area (Å²) in [6.07, 6.45) is 5.93. The number of allylic oxidation sites excluding steroid dienone is 1. The van der Waals surface area contributed by atoms with Crippen molar-refractivity contribution in [2.75, 3.05) is 6.54 Å². The number of likely N-dealkylation sites (tertiary alicyclic amines) is 1. The predicted molar refractivity (Wildman–Crippen MR) is 141 cm³/mol. The van der Waals surface area contributed by atoms with Gasteiger partial charge in [0, 0.05) is 32.8 Å². The lowest BCUT2D eigenvalue weighted by Crippen LogP contribution is -2.36. The molecular weight excluding hydrogens is 430 g/mol. The van der Waals surface area contributed by atoms with Gasteiger partial charge in [-0.05, 0) is 56.7 Å². The highest BCUT2D eigenvalue weighted by atomic mass is 19.3. The lowest BCUT2D eigenvalue weighted by molar-refractivity contribution is 0.0984. The van der Waals surface area contributed by atoms with Gasteiger partial charge >= 0.3 is 0 Å². The van der Waals surface area contributed by atoms with Crippen molar-refractivity contribution in [2.24, 2.45) is 12.0 Å². The van der Waals surface area contributed by atoms with Gasteiger partial charge in [0.25, 0.3) is 5.92 Å². The average molecular weight is 469 g/mol.